The second kappa shape index (κ2) is 11.3. The van der Waals surface area contributed by atoms with Crippen molar-refractivity contribution in [2.24, 2.45) is 5.92 Å². The van der Waals surface area contributed by atoms with Gasteiger partial charge < -0.3 is 9.47 Å². The molecule has 214 valence electrons. The lowest BCUT2D eigenvalue weighted by Crippen LogP contribution is -2.37. The molecule has 7 rings (SSSR count). The Bertz CT molecular complexity index is 1790. The highest BCUT2D eigenvalue weighted by Gasteiger charge is 2.60. The zero-order valence-corrected chi connectivity index (χ0v) is 23.6. The monoisotopic (exact) mass is 570 g/mol. The van der Waals surface area contributed by atoms with Crippen molar-refractivity contribution in [3.63, 3.8) is 0 Å². The minimum Gasteiger partial charge on any atom is -0.490 e. The number of carbonyl (C=O) groups is 2. The summed E-state index contributed by atoms with van der Waals surface area (Å²) in [5.41, 5.74) is 3.14. The summed E-state index contributed by atoms with van der Waals surface area (Å²) in [6, 6.07) is 38.0. The van der Waals surface area contributed by atoms with Crippen molar-refractivity contribution in [1.82, 2.24) is 0 Å². The van der Waals surface area contributed by atoms with Gasteiger partial charge in [-0.3, -0.25) is 14.4 Å². The molecule has 43 heavy (non-hydrogen) atoms. The van der Waals surface area contributed by atoms with Crippen LogP contribution in [0, 0.1) is 5.92 Å². The minimum atomic E-state index is -0.971. The first-order valence-electron chi connectivity index (χ1n) is 14.4. The van der Waals surface area contributed by atoms with E-state index in [1.54, 1.807) is 5.06 Å². The van der Waals surface area contributed by atoms with Crippen molar-refractivity contribution in [2.75, 3.05) is 16.6 Å². The molecule has 0 saturated carbocycles. The number of benzene rings is 5. The van der Waals surface area contributed by atoms with Gasteiger partial charge in [-0.25, -0.2) is 9.96 Å². The first-order valence-corrected chi connectivity index (χ1v) is 14.4. The molecule has 7 heteroatoms. The Hall–Kier alpha value is -5.14. The van der Waals surface area contributed by atoms with Gasteiger partial charge in [0.2, 0.25) is 5.91 Å². The molecular formula is C36H30N2O5. The van der Waals surface area contributed by atoms with Crippen LogP contribution in [0.15, 0.2) is 121 Å². The van der Waals surface area contributed by atoms with Gasteiger partial charge in [0.15, 0.2) is 17.6 Å². The van der Waals surface area contributed by atoms with Crippen molar-refractivity contribution in [2.45, 2.75) is 25.7 Å². The number of hydroxylamine groups is 1. The average molecular weight is 571 g/mol. The molecule has 2 fully saturated rings. The number of rotatable bonds is 8. The summed E-state index contributed by atoms with van der Waals surface area (Å²) in [5, 5.41) is 3.48. The molecule has 2 amide bonds. The Labute approximate surface area is 249 Å². The van der Waals surface area contributed by atoms with E-state index in [1.807, 2.05) is 128 Å². The maximum Gasteiger partial charge on any atom is 0.266 e. The summed E-state index contributed by atoms with van der Waals surface area (Å²) < 4.78 is 12.2. The van der Waals surface area contributed by atoms with E-state index in [-0.39, 0.29) is 11.8 Å². The van der Waals surface area contributed by atoms with Crippen LogP contribution in [0.3, 0.4) is 0 Å². The number of ether oxygens (including phenoxy) is 2. The molecule has 5 aromatic carbocycles. The van der Waals surface area contributed by atoms with E-state index in [9.17, 15) is 9.59 Å². The lowest BCUT2D eigenvalue weighted by Gasteiger charge is -2.29. The van der Waals surface area contributed by atoms with Crippen LogP contribution in [0.5, 0.6) is 11.5 Å². The summed E-state index contributed by atoms with van der Waals surface area (Å²) >= 11 is 0. The van der Waals surface area contributed by atoms with Crippen LogP contribution in [-0.4, -0.2) is 24.5 Å². The molecule has 2 heterocycles. The minimum absolute atomic E-state index is 0.294. The lowest BCUT2D eigenvalue weighted by molar-refractivity contribution is -0.126. The summed E-state index contributed by atoms with van der Waals surface area (Å²) in [6.45, 7) is 2.74. The van der Waals surface area contributed by atoms with E-state index in [4.69, 9.17) is 14.3 Å². The molecule has 2 aliphatic rings. The van der Waals surface area contributed by atoms with Gasteiger partial charge in [-0.05, 0) is 53.8 Å². The molecule has 7 nitrogen and oxygen atoms in total. The van der Waals surface area contributed by atoms with Crippen molar-refractivity contribution in [3.05, 3.63) is 132 Å². The number of para-hydroxylation sites is 1. The predicted molar refractivity (Wildman–Crippen MR) is 165 cm³/mol. The fraction of sp³-hybridized carbons (Fsp3) is 0.167. The topological polar surface area (TPSA) is 68.3 Å². The van der Waals surface area contributed by atoms with E-state index in [0.717, 1.165) is 27.6 Å². The number of imide groups is 1. The number of amides is 2. The van der Waals surface area contributed by atoms with Crippen LogP contribution >= 0.6 is 0 Å². The molecular weight excluding hydrogens is 540 g/mol. The molecule has 5 aromatic rings. The summed E-state index contributed by atoms with van der Waals surface area (Å²) in [7, 11) is 0. The van der Waals surface area contributed by atoms with Crippen molar-refractivity contribution in [3.8, 4) is 11.5 Å². The molecule has 3 atom stereocenters. The van der Waals surface area contributed by atoms with Crippen LogP contribution in [0.25, 0.3) is 10.8 Å². The first kappa shape index (κ1) is 26.7. The SMILES string of the molecule is CCOc1cc([C@@H]2[C@H]3C(=O)N(c4cccc5ccccc45)C(=O)[C@H]3ON2c2ccccc2)ccc1OCc1ccccc1. The number of fused-ring (bicyclic) bond motifs is 2. The summed E-state index contributed by atoms with van der Waals surface area (Å²) in [4.78, 5) is 35.9. The van der Waals surface area contributed by atoms with Crippen molar-refractivity contribution >= 4 is 34.0 Å². The zero-order valence-electron chi connectivity index (χ0n) is 23.6. The molecule has 0 radical (unpaired) electrons. The molecule has 2 saturated heterocycles. The fourth-order valence-electron chi connectivity index (χ4n) is 6.02. The van der Waals surface area contributed by atoms with Gasteiger partial charge in [0, 0.05) is 5.39 Å². The average Bonchev–Trinajstić information content (AvgIpc) is 3.56. The third-order valence-electron chi connectivity index (χ3n) is 7.98. The molecule has 0 N–H and O–H groups in total. The second-order valence-electron chi connectivity index (χ2n) is 10.6. The van der Waals surface area contributed by atoms with E-state index in [2.05, 4.69) is 0 Å². The highest BCUT2D eigenvalue weighted by Crippen LogP contribution is 2.49. The van der Waals surface area contributed by atoms with E-state index in [0.29, 0.717) is 30.4 Å². The maximum atomic E-state index is 14.3. The van der Waals surface area contributed by atoms with Crippen LogP contribution < -0.4 is 19.4 Å². The summed E-state index contributed by atoms with van der Waals surface area (Å²) in [5.74, 6) is -0.269. The Morgan fingerprint density at radius 2 is 1.44 bits per heavy atom. The van der Waals surface area contributed by atoms with Gasteiger partial charge in [-0.2, -0.15) is 0 Å². The molecule has 0 aliphatic carbocycles. The number of nitrogens with zero attached hydrogens (tertiary/aromatic N) is 2. The Morgan fingerprint density at radius 3 is 2.23 bits per heavy atom. The fourth-order valence-corrected chi connectivity index (χ4v) is 6.02. The highest BCUT2D eigenvalue weighted by molar-refractivity contribution is 6.26. The van der Waals surface area contributed by atoms with Crippen molar-refractivity contribution in [1.29, 1.82) is 0 Å². The van der Waals surface area contributed by atoms with Crippen molar-refractivity contribution < 1.29 is 23.9 Å². The largest absolute Gasteiger partial charge is 0.490 e. The van der Waals surface area contributed by atoms with Crippen LogP contribution in [0.4, 0.5) is 11.4 Å². The standard InChI is InChI=1S/C36H30N2O5/c1-2-41-31-22-26(20-21-30(31)42-23-24-12-5-3-6-13-24)33-32-34(43-38(33)27-16-7-4-8-17-27)36(40)37(35(32)39)29-19-11-15-25-14-9-10-18-28(25)29/h3-22,32-34H,2,23H2,1H3/t32-,33-,34+/m1/s1. The third kappa shape index (κ3) is 4.77. The number of hydrogen-bond acceptors (Lipinski definition) is 6. The molecule has 0 bridgehead atoms. The maximum absolute atomic E-state index is 14.3. The Morgan fingerprint density at radius 1 is 0.721 bits per heavy atom. The van der Waals surface area contributed by atoms with E-state index < -0.39 is 18.1 Å². The quantitative estimate of drug-likeness (QED) is 0.190. The Kier molecular flexibility index (Phi) is 7.01. The third-order valence-corrected chi connectivity index (χ3v) is 7.98. The first-order chi connectivity index (χ1) is 21.1. The number of anilines is 2. The predicted octanol–water partition coefficient (Wildman–Crippen LogP) is 6.87. The summed E-state index contributed by atoms with van der Waals surface area (Å²) in [6.07, 6.45) is -0.971. The van der Waals surface area contributed by atoms with E-state index >= 15 is 0 Å². The van der Waals surface area contributed by atoms with Gasteiger partial charge in [0.25, 0.3) is 5.91 Å². The number of carbonyl (C=O) groups excluding carboxylic acids is 2. The molecule has 2 aliphatic heterocycles. The second-order valence-corrected chi connectivity index (χ2v) is 10.6. The van der Waals surface area contributed by atoms with Gasteiger partial charge in [-0.15, -0.1) is 0 Å². The van der Waals surface area contributed by atoms with Gasteiger partial charge in [0.05, 0.1) is 24.0 Å². The number of hydrogen-bond donors (Lipinski definition) is 0. The molecule has 0 unspecified atom stereocenters. The highest BCUT2D eigenvalue weighted by atomic mass is 16.7. The smallest absolute Gasteiger partial charge is 0.266 e. The van der Waals surface area contributed by atoms with Gasteiger partial charge in [-0.1, -0.05) is 91.0 Å². The molecule has 0 spiro atoms. The van der Waals surface area contributed by atoms with E-state index in [1.165, 1.54) is 4.90 Å². The van der Waals surface area contributed by atoms with Crippen LogP contribution in [0.1, 0.15) is 24.1 Å². The van der Waals surface area contributed by atoms with Crippen LogP contribution in [-0.2, 0) is 21.0 Å². The van der Waals surface area contributed by atoms with Gasteiger partial charge in [0.1, 0.15) is 12.5 Å². The molecule has 0 aromatic heterocycles. The Balaban J connectivity index is 1.28. The normalized spacial score (nSPS) is 19.6. The zero-order chi connectivity index (χ0) is 29.3. The van der Waals surface area contributed by atoms with Crippen LogP contribution in [0.2, 0.25) is 0 Å². The van der Waals surface area contributed by atoms with Gasteiger partial charge >= 0.3 is 0 Å². The lowest BCUT2D eigenvalue weighted by atomic mass is 9.90.